The standard InChI is InChI=1S/C13H16BrN3O2S2/c1-8-7-20-13(16-8)9(2)17-21(18,19)12-4-3-10(6-15)5-11(12)14/h3-5,7,9,17H,6,15H2,1-2H3. The summed E-state index contributed by atoms with van der Waals surface area (Å²) < 4.78 is 28.0. The van der Waals surface area contributed by atoms with Gasteiger partial charge in [0.15, 0.2) is 0 Å². The van der Waals surface area contributed by atoms with E-state index < -0.39 is 10.0 Å². The van der Waals surface area contributed by atoms with Gasteiger partial charge in [0.1, 0.15) is 5.01 Å². The molecule has 1 atom stereocenters. The van der Waals surface area contributed by atoms with E-state index in [0.717, 1.165) is 16.3 Å². The van der Waals surface area contributed by atoms with Gasteiger partial charge in [0.25, 0.3) is 0 Å². The lowest BCUT2D eigenvalue weighted by atomic mass is 10.2. The topological polar surface area (TPSA) is 85.1 Å². The molecular weight excluding hydrogens is 374 g/mol. The molecule has 0 saturated carbocycles. The predicted octanol–water partition coefficient (Wildman–Crippen LogP) is 2.71. The SMILES string of the molecule is Cc1csc(C(C)NS(=O)(=O)c2ccc(CN)cc2Br)n1. The molecule has 3 N–H and O–H groups in total. The molecule has 114 valence electrons. The number of thiazole rings is 1. The average Bonchev–Trinajstić information content (AvgIpc) is 2.84. The van der Waals surface area contributed by atoms with Crippen LogP contribution >= 0.6 is 27.3 Å². The van der Waals surface area contributed by atoms with E-state index >= 15 is 0 Å². The van der Waals surface area contributed by atoms with Crippen LogP contribution in [-0.4, -0.2) is 13.4 Å². The van der Waals surface area contributed by atoms with Crippen molar-refractivity contribution in [3.8, 4) is 0 Å². The number of aryl methyl sites for hydroxylation is 1. The first-order chi connectivity index (χ1) is 9.83. The van der Waals surface area contributed by atoms with Gasteiger partial charge in [-0.05, 0) is 47.5 Å². The minimum atomic E-state index is -3.63. The van der Waals surface area contributed by atoms with E-state index in [-0.39, 0.29) is 10.9 Å². The second kappa shape index (κ2) is 6.53. The Bertz CT molecular complexity index is 744. The van der Waals surface area contributed by atoms with Crippen LogP contribution in [-0.2, 0) is 16.6 Å². The van der Waals surface area contributed by atoms with Crippen molar-refractivity contribution in [2.75, 3.05) is 0 Å². The number of rotatable bonds is 5. The highest BCUT2D eigenvalue weighted by atomic mass is 79.9. The van der Waals surface area contributed by atoms with Crippen LogP contribution in [0.25, 0.3) is 0 Å². The molecule has 1 aromatic heterocycles. The van der Waals surface area contributed by atoms with Gasteiger partial charge in [-0.25, -0.2) is 18.1 Å². The van der Waals surface area contributed by atoms with E-state index in [1.807, 2.05) is 12.3 Å². The first-order valence-corrected chi connectivity index (χ1v) is 9.42. The molecule has 0 saturated heterocycles. The molecule has 5 nitrogen and oxygen atoms in total. The minimum absolute atomic E-state index is 0.194. The summed E-state index contributed by atoms with van der Waals surface area (Å²) in [5, 5.41) is 2.64. The monoisotopic (exact) mass is 389 g/mol. The zero-order valence-corrected chi connectivity index (χ0v) is 14.8. The zero-order valence-electron chi connectivity index (χ0n) is 11.6. The Morgan fingerprint density at radius 3 is 2.71 bits per heavy atom. The lowest BCUT2D eigenvalue weighted by Crippen LogP contribution is -2.27. The summed E-state index contributed by atoms with van der Waals surface area (Å²) in [5.41, 5.74) is 7.29. The molecule has 0 aliphatic rings. The van der Waals surface area contributed by atoms with Gasteiger partial charge >= 0.3 is 0 Å². The Morgan fingerprint density at radius 2 is 2.19 bits per heavy atom. The van der Waals surface area contributed by atoms with Crippen LogP contribution in [0.15, 0.2) is 32.9 Å². The van der Waals surface area contributed by atoms with E-state index in [0.29, 0.717) is 11.0 Å². The van der Waals surface area contributed by atoms with Gasteiger partial charge in [-0.2, -0.15) is 0 Å². The van der Waals surface area contributed by atoms with Crippen molar-refractivity contribution in [3.63, 3.8) is 0 Å². The average molecular weight is 390 g/mol. The maximum atomic E-state index is 12.4. The first kappa shape index (κ1) is 16.6. The normalized spacial score (nSPS) is 13.3. The molecule has 0 bridgehead atoms. The Labute approximate surface area is 136 Å². The molecule has 0 aliphatic heterocycles. The fourth-order valence-corrected chi connectivity index (χ4v) is 5.02. The van der Waals surface area contributed by atoms with Gasteiger partial charge in [0.05, 0.1) is 10.9 Å². The summed E-state index contributed by atoms with van der Waals surface area (Å²) in [6.45, 7) is 4.02. The second-order valence-electron chi connectivity index (χ2n) is 4.64. The molecule has 0 spiro atoms. The quantitative estimate of drug-likeness (QED) is 0.822. The van der Waals surface area contributed by atoms with Gasteiger partial charge in [0.2, 0.25) is 10.0 Å². The van der Waals surface area contributed by atoms with Crippen molar-refractivity contribution in [2.24, 2.45) is 5.73 Å². The van der Waals surface area contributed by atoms with Crippen molar-refractivity contribution in [1.29, 1.82) is 0 Å². The number of sulfonamides is 1. The van der Waals surface area contributed by atoms with Crippen molar-refractivity contribution in [2.45, 2.75) is 31.3 Å². The number of halogens is 1. The fourth-order valence-electron chi connectivity index (χ4n) is 1.81. The lowest BCUT2D eigenvalue weighted by molar-refractivity contribution is 0.565. The Balaban J connectivity index is 2.26. The van der Waals surface area contributed by atoms with Gasteiger partial charge in [-0.15, -0.1) is 11.3 Å². The number of benzene rings is 1. The molecule has 1 unspecified atom stereocenters. The highest BCUT2D eigenvalue weighted by Gasteiger charge is 2.22. The number of hydrogen-bond donors (Lipinski definition) is 2. The molecule has 0 amide bonds. The van der Waals surface area contributed by atoms with E-state index in [1.54, 1.807) is 25.1 Å². The van der Waals surface area contributed by atoms with Crippen LogP contribution < -0.4 is 10.5 Å². The summed E-state index contributed by atoms with van der Waals surface area (Å²) in [7, 11) is -3.63. The van der Waals surface area contributed by atoms with Crippen molar-refractivity contribution < 1.29 is 8.42 Å². The molecule has 2 aromatic rings. The largest absolute Gasteiger partial charge is 0.326 e. The van der Waals surface area contributed by atoms with Gasteiger partial charge in [-0.1, -0.05) is 6.07 Å². The summed E-state index contributed by atoms with van der Waals surface area (Å²) >= 11 is 4.72. The molecule has 8 heteroatoms. The van der Waals surface area contributed by atoms with Crippen molar-refractivity contribution in [3.05, 3.63) is 44.3 Å². The number of aromatic nitrogens is 1. The Morgan fingerprint density at radius 1 is 1.48 bits per heavy atom. The fraction of sp³-hybridized carbons (Fsp3) is 0.308. The highest BCUT2D eigenvalue weighted by Crippen LogP contribution is 2.26. The van der Waals surface area contributed by atoms with Crippen LogP contribution in [0.3, 0.4) is 0 Å². The lowest BCUT2D eigenvalue weighted by Gasteiger charge is -2.13. The Hall–Kier alpha value is -0.800. The van der Waals surface area contributed by atoms with Crippen LogP contribution in [0.1, 0.15) is 29.2 Å². The third-order valence-corrected chi connectivity index (χ3v) is 6.52. The third-order valence-electron chi connectivity index (χ3n) is 2.86. The number of nitrogens with zero attached hydrogens (tertiary/aromatic N) is 1. The van der Waals surface area contributed by atoms with Crippen LogP contribution in [0, 0.1) is 6.92 Å². The molecular formula is C13H16BrN3O2S2. The smallest absolute Gasteiger partial charge is 0.242 e. The highest BCUT2D eigenvalue weighted by molar-refractivity contribution is 9.10. The van der Waals surface area contributed by atoms with Gasteiger partial charge < -0.3 is 5.73 Å². The number of nitrogens with one attached hydrogen (secondary N) is 1. The maximum absolute atomic E-state index is 12.4. The molecule has 21 heavy (non-hydrogen) atoms. The molecule has 0 fully saturated rings. The van der Waals surface area contributed by atoms with Crippen molar-refractivity contribution >= 4 is 37.3 Å². The van der Waals surface area contributed by atoms with Gasteiger partial charge in [0, 0.05) is 22.1 Å². The zero-order chi connectivity index (χ0) is 15.6. The third kappa shape index (κ3) is 3.89. The second-order valence-corrected chi connectivity index (χ2v) is 8.07. The van der Waals surface area contributed by atoms with E-state index in [1.165, 1.54) is 11.3 Å². The molecule has 0 radical (unpaired) electrons. The molecule has 1 aromatic carbocycles. The summed E-state index contributed by atoms with van der Waals surface area (Å²) in [6, 6.07) is 4.59. The maximum Gasteiger partial charge on any atom is 0.242 e. The van der Waals surface area contributed by atoms with Crippen molar-refractivity contribution in [1.82, 2.24) is 9.71 Å². The summed E-state index contributed by atoms with van der Waals surface area (Å²) in [4.78, 5) is 4.50. The van der Waals surface area contributed by atoms with Crippen LogP contribution in [0.4, 0.5) is 0 Å². The van der Waals surface area contributed by atoms with E-state index in [9.17, 15) is 8.42 Å². The molecule has 1 heterocycles. The number of hydrogen-bond acceptors (Lipinski definition) is 5. The summed E-state index contributed by atoms with van der Waals surface area (Å²) in [6.07, 6.45) is 0. The van der Waals surface area contributed by atoms with Crippen LogP contribution in [0.5, 0.6) is 0 Å². The molecule has 2 rings (SSSR count). The minimum Gasteiger partial charge on any atom is -0.326 e. The van der Waals surface area contributed by atoms with Gasteiger partial charge in [-0.3, -0.25) is 0 Å². The molecule has 0 aliphatic carbocycles. The van der Waals surface area contributed by atoms with Crippen LogP contribution in [0.2, 0.25) is 0 Å². The Kier molecular flexibility index (Phi) is 5.15. The van der Waals surface area contributed by atoms with E-state index in [2.05, 4.69) is 25.6 Å². The predicted molar refractivity (Wildman–Crippen MR) is 87.6 cm³/mol. The first-order valence-electron chi connectivity index (χ1n) is 6.26. The summed E-state index contributed by atoms with van der Waals surface area (Å²) in [5.74, 6) is 0. The number of nitrogens with two attached hydrogens (primary N) is 1. The van der Waals surface area contributed by atoms with E-state index in [4.69, 9.17) is 5.73 Å².